The zero-order valence-corrected chi connectivity index (χ0v) is 13.8. The van der Waals surface area contributed by atoms with E-state index < -0.39 is 0 Å². The van der Waals surface area contributed by atoms with Crippen molar-refractivity contribution in [3.05, 3.63) is 34.1 Å². The second kappa shape index (κ2) is 7.01. The first-order valence-electron chi connectivity index (χ1n) is 7.33. The van der Waals surface area contributed by atoms with Crippen LogP contribution in [-0.2, 0) is 11.2 Å². The highest BCUT2D eigenvalue weighted by Gasteiger charge is 2.41. The highest BCUT2D eigenvalue weighted by molar-refractivity contribution is 9.10. The molecule has 0 bridgehead atoms. The van der Waals surface area contributed by atoms with Crippen LogP contribution in [0.15, 0.2) is 22.7 Å². The molecule has 1 aromatic rings. The fraction of sp³-hybridized carbons (Fsp3) is 0.625. The molecular weight excluding hydrogens is 321 g/mol. The fourth-order valence-corrected chi connectivity index (χ4v) is 3.40. The van der Waals surface area contributed by atoms with Crippen LogP contribution < -0.4 is 5.32 Å². The Bertz CT molecular complexity index is 454. The SMILES string of the molecule is CCCNCC1(Cc2ccc(F)cc2Br)CCOC1C. The average molecular weight is 344 g/mol. The van der Waals surface area contributed by atoms with E-state index in [2.05, 4.69) is 35.1 Å². The Morgan fingerprint density at radius 3 is 2.90 bits per heavy atom. The number of benzene rings is 1. The van der Waals surface area contributed by atoms with E-state index in [4.69, 9.17) is 4.74 Å². The maximum Gasteiger partial charge on any atom is 0.124 e. The maximum absolute atomic E-state index is 13.2. The zero-order chi connectivity index (χ0) is 14.6. The highest BCUT2D eigenvalue weighted by atomic mass is 79.9. The van der Waals surface area contributed by atoms with Crippen molar-refractivity contribution < 1.29 is 9.13 Å². The molecule has 0 radical (unpaired) electrons. The zero-order valence-electron chi connectivity index (χ0n) is 12.2. The van der Waals surface area contributed by atoms with Gasteiger partial charge in [-0.2, -0.15) is 0 Å². The van der Waals surface area contributed by atoms with E-state index >= 15 is 0 Å². The van der Waals surface area contributed by atoms with Crippen LogP contribution in [0, 0.1) is 11.2 Å². The number of hydrogen-bond donors (Lipinski definition) is 1. The molecule has 2 unspecified atom stereocenters. The fourth-order valence-electron chi connectivity index (χ4n) is 2.90. The summed E-state index contributed by atoms with van der Waals surface area (Å²) in [5, 5.41) is 3.53. The summed E-state index contributed by atoms with van der Waals surface area (Å²) in [6, 6.07) is 4.96. The van der Waals surface area contributed by atoms with Crippen LogP contribution in [0.1, 0.15) is 32.3 Å². The van der Waals surface area contributed by atoms with Gasteiger partial charge in [0.1, 0.15) is 5.82 Å². The molecule has 1 fully saturated rings. The van der Waals surface area contributed by atoms with Gasteiger partial charge in [0.2, 0.25) is 0 Å². The average Bonchev–Trinajstić information content (AvgIpc) is 2.75. The molecule has 20 heavy (non-hydrogen) atoms. The standard InChI is InChI=1S/C16H23BrFNO/c1-3-7-19-11-16(6-8-20-12(16)2)10-13-4-5-14(18)9-15(13)17/h4-5,9,12,19H,3,6-8,10-11H2,1-2H3. The molecule has 2 nitrogen and oxygen atoms in total. The molecule has 4 heteroatoms. The Labute approximate surface area is 129 Å². The highest BCUT2D eigenvalue weighted by Crippen LogP contribution is 2.39. The van der Waals surface area contributed by atoms with Crippen molar-refractivity contribution in [2.24, 2.45) is 5.41 Å². The van der Waals surface area contributed by atoms with Crippen molar-refractivity contribution in [2.45, 2.75) is 39.2 Å². The number of hydrogen-bond acceptors (Lipinski definition) is 2. The van der Waals surface area contributed by atoms with Gasteiger partial charge in [-0.1, -0.05) is 28.9 Å². The summed E-state index contributed by atoms with van der Waals surface area (Å²) in [5.74, 6) is -0.200. The number of rotatable bonds is 6. The monoisotopic (exact) mass is 343 g/mol. The van der Waals surface area contributed by atoms with Crippen LogP contribution in [0.2, 0.25) is 0 Å². The first-order chi connectivity index (χ1) is 9.57. The number of ether oxygens (including phenoxy) is 1. The maximum atomic E-state index is 13.2. The van der Waals surface area contributed by atoms with Crippen molar-refractivity contribution in [1.82, 2.24) is 5.32 Å². The van der Waals surface area contributed by atoms with Gasteiger partial charge in [-0.25, -0.2) is 4.39 Å². The molecule has 2 rings (SSSR count). The smallest absolute Gasteiger partial charge is 0.124 e. The first-order valence-corrected chi connectivity index (χ1v) is 8.13. The van der Waals surface area contributed by atoms with Gasteiger partial charge in [0, 0.05) is 23.0 Å². The Morgan fingerprint density at radius 2 is 2.30 bits per heavy atom. The van der Waals surface area contributed by atoms with E-state index in [1.54, 1.807) is 6.07 Å². The minimum Gasteiger partial charge on any atom is -0.378 e. The number of halogens is 2. The summed E-state index contributed by atoms with van der Waals surface area (Å²) in [6.07, 6.45) is 3.32. The van der Waals surface area contributed by atoms with E-state index in [0.29, 0.717) is 0 Å². The van der Waals surface area contributed by atoms with Gasteiger partial charge in [0.15, 0.2) is 0 Å². The predicted molar refractivity (Wildman–Crippen MR) is 83.4 cm³/mol. The molecule has 1 heterocycles. The lowest BCUT2D eigenvalue weighted by Gasteiger charge is -2.33. The molecule has 112 valence electrons. The lowest BCUT2D eigenvalue weighted by molar-refractivity contribution is 0.0630. The van der Waals surface area contributed by atoms with Gasteiger partial charge in [-0.05, 0) is 50.4 Å². The summed E-state index contributed by atoms with van der Waals surface area (Å²) in [5.41, 5.74) is 1.26. The van der Waals surface area contributed by atoms with Crippen molar-refractivity contribution in [3.8, 4) is 0 Å². The minimum absolute atomic E-state index is 0.107. The minimum atomic E-state index is -0.200. The largest absolute Gasteiger partial charge is 0.378 e. The lowest BCUT2D eigenvalue weighted by atomic mass is 9.76. The quantitative estimate of drug-likeness (QED) is 0.790. The molecule has 1 aliphatic heterocycles. The molecule has 2 atom stereocenters. The van der Waals surface area contributed by atoms with E-state index in [-0.39, 0.29) is 17.3 Å². The number of nitrogens with one attached hydrogen (secondary N) is 1. The third-order valence-electron chi connectivity index (χ3n) is 4.29. The van der Waals surface area contributed by atoms with Crippen LogP contribution in [0.5, 0.6) is 0 Å². The van der Waals surface area contributed by atoms with E-state index in [0.717, 1.165) is 49.0 Å². The van der Waals surface area contributed by atoms with E-state index in [1.165, 1.54) is 6.07 Å². The molecular formula is C16H23BrFNO. The van der Waals surface area contributed by atoms with Crippen LogP contribution >= 0.6 is 15.9 Å². The Balaban J connectivity index is 2.15. The second-order valence-electron chi connectivity index (χ2n) is 5.71. The first kappa shape index (κ1) is 15.9. The van der Waals surface area contributed by atoms with Crippen LogP contribution in [-0.4, -0.2) is 25.8 Å². The molecule has 1 saturated heterocycles. The molecule has 0 aromatic heterocycles. The van der Waals surface area contributed by atoms with Crippen LogP contribution in [0.3, 0.4) is 0 Å². The third-order valence-corrected chi connectivity index (χ3v) is 5.03. The Hall–Kier alpha value is -0.450. The van der Waals surface area contributed by atoms with Gasteiger partial charge >= 0.3 is 0 Å². The summed E-state index contributed by atoms with van der Waals surface area (Å²) >= 11 is 3.48. The molecule has 1 aromatic carbocycles. The molecule has 0 spiro atoms. The predicted octanol–water partition coefficient (Wildman–Crippen LogP) is 3.93. The van der Waals surface area contributed by atoms with Crippen LogP contribution in [0.25, 0.3) is 0 Å². The summed E-state index contributed by atoms with van der Waals surface area (Å²) < 4.78 is 19.9. The van der Waals surface area contributed by atoms with Crippen molar-refractivity contribution >= 4 is 15.9 Å². The van der Waals surface area contributed by atoms with Crippen molar-refractivity contribution in [2.75, 3.05) is 19.7 Å². The third kappa shape index (κ3) is 3.60. The van der Waals surface area contributed by atoms with Crippen LogP contribution in [0.4, 0.5) is 4.39 Å². The normalized spacial score (nSPS) is 26.1. The summed E-state index contributed by atoms with van der Waals surface area (Å²) in [7, 11) is 0. The van der Waals surface area contributed by atoms with Gasteiger partial charge in [0.25, 0.3) is 0 Å². The van der Waals surface area contributed by atoms with Gasteiger partial charge in [-0.15, -0.1) is 0 Å². The van der Waals surface area contributed by atoms with Gasteiger partial charge in [0.05, 0.1) is 6.10 Å². The lowest BCUT2D eigenvalue weighted by Crippen LogP contribution is -2.41. The molecule has 1 N–H and O–H groups in total. The molecule has 0 amide bonds. The van der Waals surface area contributed by atoms with Crippen molar-refractivity contribution in [3.63, 3.8) is 0 Å². The summed E-state index contributed by atoms with van der Waals surface area (Å²) in [4.78, 5) is 0. The Morgan fingerprint density at radius 1 is 1.50 bits per heavy atom. The van der Waals surface area contributed by atoms with E-state index in [9.17, 15) is 4.39 Å². The summed E-state index contributed by atoms with van der Waals surface area (Å²) in [6.45, 7) is 7.11. The molecule has 0 aliphatic carbocycles. The van der Waals surface area contributed by atoms with Gasteiger partial charge in [-0.3, -0.25) is 0 Å². The van der Waals surface area contributed by atoms with Gasteiger partial charge < -0.3 is 10.1 Å². The second-order valence-corrected chi connectivity index (χ2v) is 6.57. The van der Waals surface area contributed by atoms with Crippen molar-refractivity contribution in [1.29, 1.82) is 0 Å². The van der Waals surface area contributed by atoms with E-state index in [1.807, 2.05) is 6.07 Å². The topological polar surface area (TPSA) is 21.3 Å². The molecule has 1 aliphatic rings. The Kier molecular flexibility index (Phi) is 5.58. The molecule has 0 saturated carbocycles.